The van der Waals surface area contributed by atoms with E-state index in [-0.39, 0.29) is 0 Å². The Morgan fingerprint density at radius 3 is 1.09 bits per heavy atom. The van der Waals surface area contributed by atoms with E-state index in [4.69, 9.17) is 9.97 Å². The Bertz CT molecular complexity index is 3870. The minimum Gasteiger partial charge on any atom is -0.309 e. The summed E-state index contributed by atoms with van der Waals surface area (Å²) in [7, 11) is 0. The fourth-order valence-electron chi connectivity index (χ4n) is 10.1. The molecule has 0 bridgehead atoms. The van der Waals surface area contributed by atoms with Gasteiger partial charge in [0.05, 0.1) is 39.1 Å². The molecule has 10 aromatic carbocycles. The maximum atomic E-state index is 5.65. The monoisotopic (exact) mass is 866 g/mol. The van der Waals surface area contributed by atoms with Crippen LogP contribution in [0.2, 0.25) is 0 Å². The zero-order chi connectivity index (χ0) is 45.0. The Balaban J connectivity index is 1.05. The van der Waals surface area contributed by atoms with Crippen LogP contribution in [0.3, 0.4) is 0 Å². The predicted molar refractivity (Wildman–Crippen MR) is 283 cm³/mol. The Hall–Kier alpha value is -9.12. The summed E-state index contributed by atoms with van der Waals surface area (Å²) in [5.41, 5.74) is 18.1. The van der Waals surface area contributed by atoms with Gasteiger partial charge in [-0.2, -0.15) is 0 Å². The standard InChI is InChI=1S/C64H42N4/c1-6-20-43(21-7-1)49-38-50(44-22-8-2-9-23-44)40-51(39-49)64-65-61(45-24-10-3-11-25-45)63(62(66-64)46-26-12-4-13-27-46)68-58-33-19-17-31-54(58)56-42-48(35-37-60(56)68)47-34-36-59-55(41-47)53-30-16-18-32-57(53)67(59)52-28-14-5-15-29-52/h1-42H. The molecule has 0 saturated carbocycles. The summed E-state index contributed by atoms with van der Waals surface area (Å²) in [5.74, 6) is 0.661. The molecule has 0 aliphatic carbocycles. The summed E-state index contributed by atoms with van der Waals surface area (Å²) in [6.07, 6.45) is 0. The SMILES string of the molecule is c1ccc(-c2cc(-c3ccccc3)cc(-c3nc(-c4ccccc4)c(-n4c5ccccc5c5cc(-c6ccc7c(c6)c6ccccc6n7-c6ccccc6)ccc54)c(-c4ccccc4)n3)c2)cc1. The number of para-hydroxylation sites is 3. The molecule has 3 heterocycles. The summed E-state index contributed by atoms with van der Waals surface area (Å²) >= 11 is 0. The van der Waals surface area contributed by atoms with Crippen molar-refractivity contribution in [3.05, 3.63) is 255 Å². The maximum absolute atomic E-state index is 5.65. The van der Waals surface area contributed by atoms with E-state index < -0.39 is 0 Å². The van der Waals surface area contributed by atoms with Crippen LogP contribution in [0, 0.1) is 0 Å². The van der Waals surface area contributed by atoms with Crippen molar-refractivity contribution >= 4 is 43.6 Å². The number of benzene rings is 10. The van der Waals surface area contributed by atoms with Crippen LogP contribution in [-0.4, -0.2) is 19.1 Å². The van der Waals surface area contributed by atoms with Gasteiger partial charge < -0.3 is 9.13 Å². The summed E-state index contributed by atoms with van der Waals surface area (Å²) in [5, 5.41) is 4.79. The highest BCUT2D eigenvalue weighted by Gasteiger charge is 2.25. The van der Waals surface area contributed by atoms with Gasteiger partial charge in [0.1, 0.15) is 0 Å². The van der Waals surface area contributed by atoms with Gasteiger partial charge in [-0.3, -0.25) is 0 Å². The lowest BCUT2D eigenvalue weighted by atomic mass is 9.95. The molecule has 0 fully saturated rings. The van der Waals surface area contributed by atoms with Crippen molar-refractivity contribution in [1.82, 2.24) is 19.1 Å². The number of rotatable bonds is 8. The predicted octanol–water partition coefficient (Wildman–Crippen LogP) is 16.7. The van der Waals surface area contributed by atoms with Crippen molar-refractivity contribution in [2.75, 3.05) is 0 Å². The second-order valence-corrected chi connectivity index (χ2v) is 17.4. The molecular formula is C64H42N4. The van der Waals surface area contributed by atoms with Crippen LogP contribution >= 0.6 is 0 Å². The van der Waals surface area contributed by atoms with Gasteiger partial charge in [0.2, 0.25) is 0 Å². The van der Waals surface area contributed by atoms with Crippen molar-refractivity contribution in [3.8, 4) is 78.7 Å². The van der Waals surface area contributed by atoms with Gasteiger partial charge in [0.25, 0.3) is 0 Å². The second-order valence-electron chi connectivity index (χ2n) is 17.4. The van der Waals surface area contributed by atoms with Gasteiger partial charge in [-0.05, 0) is 100 Å². The van der Waals surface area contributed by atoms with Crippen LogP contribution in [-0.2, 0) is 0 Å². The number of hydrogen-bond donors (Lipinski definition) is 0. The topological polar surface area (TPSA) is 35.6 Å². The van der Waals surface area contributed by atoms with Crippen LogP contribution in [0.5, 0.6) is 0 Å². The molecule has 4 nitrogen and oxygen atoms in total. The van der Waals surface area contributed by atoms with E-state index in [9.17, 15) is 0 Å². The third-order valence-electron chi connectivity index (χ3n) is 13.3. The molecule has 0 aliphatic heterocycles. The highest BCUT2D eigenvalue weighted by atomic mass is 15.1. The molecule has 0 saturated heterocycles. The first-order chi connectivity index (χ1) is 33.7. The van der Waals surface area contributed by atoms with Gasteiger partial charge in [-0.15, -0.1) is 0 Å². The lowest BCUT2D eigenvalue weighted by Crippen LogP contribution is -2.07. The molecule has 3 aromatic heterocycles. The summed E-state index contributed by atoms with van der Waals surface area (Å²) in [6.45, 7) is 0. The molecule has 0 radical (unpaired) electrons. The minimum atomic E-state index is 0.661. The molecule has 4 heteroatoms. The Morgan fingerprint density at radius 1 is 0.235 bits per heavy atom. The van der Waals surface area contributed by atoms with E-state index in [1.165, 1.54) is 27.4 Å². The quantitative estimate of drug-likeness (QED) is 0.153. The van der Waals surface area contributed by atoms with Gasteiger partial charge in [-0.1, -0.05) is 188 Å². The first kappa shape index (κ1) is 39.3. The molecule has 0 N–H and O–H groups in total. The van der Waals surface area contributed by atoms with Crippen molar-refractivity contribution in [2.45, 2.75) is 0 Å². The molecule has 13 aromatic rings. The number of hydrogen-bond acceptors (Lipinski definition) is 2. The molecule has 0 atom stereocenters. The van der Waals surface area contributed by atoms with E-state index in [1.54, 1.807) is 0 Å². The third-order valence-corrected chi connectivity index (χ3v) is 13.3. The smallest absolute Gasteiger partial charge is 0.160 e. The molecule has 68 heavy (non-hydrogen) atoms. The van der Waals surface area contributed by atoms with Crippen LogP contribution in [0.1, 0.15) is 0 Å². The van der Waals surface area contributed by atoms with Gasteiger partial charge in [-0.25, -0.2) is 9.97 Å². The number of nitrogens with zero attached hydrogens (tertiary/aromatic N) is 4. The lowest BCUT2D eigenvalue weighted by Gasteiger charge is -2.20. The van der Waals surface area contributed by atoms with Gasteiger partial charge in [0.15, 0.2) is 5.82 Å². The largest absolute Gasteiger partial charge is 0.309 e. The average molecular weight is 867 g/mol. The first-order valence-corrected chi connectivity index (χ1v) is 23.2. The van der Waals surface area contributed by atoms with E-state index in [2.05, 4.69) is 264 Å². The van der Waals surface area contributed by atoms with Crippen LogP contribution in [0.4, 0.5) is 0 Å². The highest BCUT2D eigenvalue weighted by Crippen LogP contribution is 2.43. The van der Waals surface area contributed by atoms with Crippen molar-refractivity contribution < 1.29 is 0 Å². The molecule has 0 spiro atoms. The van der Waals surface area contributed by atoms with Gasteiger partial charge >= 0.3 is 0 Å². The lowest BCUT2D eigenvalue weighted by molar-refractivity contribution is 1.09. The normalized spacial score (nSPS) is 11.5. The molecule has 13 rings (SSSR count). The molecule has 0 aliphatic rings. The van der Waals surface area contributed by atoms with E-state index in [0.29, 0.717) is 5.82 Å². The number of fused-ring (bicyclic) bond motifs is 6. The molecule has 0 amide bonds. The van der Waals surface area contributed by atoms with Crippen LogP contribution in [0.25, 0.3) is 122 Å². The van der Waals surface area contributed by atoms with E-state index in [1.807, 2.05) is 0 Å². The average Bonchev–Trinajstić information content (AvgIpc) is 3.93. The summed E-state index contributed by atoms with van der Waals surface area (Å²) < 4.78 is 4.77. The summed E-state index contributed by atoms with van der Waals surface area (Å²) in [6, 6.07) is 91.0. The van der Waals surface area contributed by atoms with Crippen molar-refractivity contribution in [3.63, 3.8) is 0 Å². The molecule has 0 unspecified atom stereocenters. The Kier molecular flexibility index (Phi) is 9.47. The second kappa shape index (κ2) is 16.4. The fraction of sp³-hybridized carbons (Fsp3) is 0. The minimum absolute atomic E-state index is 0.661. The fourth-order valence-corrected chi connectivity index (χ4v) is 10.1. The number of aromatic nitrogens is 4. The van der Waals surface area contributed by atoms with Crippen LogP contribution < -0.4 is 0 Å². The summed E-state index contributed by atoms with van der Waals surface area (Å²) in [4.78, 5) is 11.3. The Labute approximate surface area is 394 Å². The molecule has 318 valence electrons. The molecular weight excluding hydrogens is 825 g/mol. The zero-order valence-electron chi connectivity index (χ0n) is 37.0. The van der Waals surface area contributed by atoms with Gasteiger partial charge in [0, 0.05) is 43.9 Å². The Morgan fingerprint density at radius 2 is 0.603 bits per heavy atom. The van der Waals surface area contributed by atoms with Crippen molar-refractivity contribution in [2.24, 2.45) is 0 Å². The zero-order valence-corrected chi connectivity index (χ0v) is 37.0. The highest BCUT2D eigenvalue weighted by molar-refractivity contribution is 6.13. The third kappa shape index (κ3) is 6.69. The van der Waals surface area contributed by atoms with Crippen LogP contribution in [0.15, 0.2) is 255 Å². The maximum Gasteiger partial charge on any atom is 0.160 e. The first-order valence-electron chi connectivity index (χ1n) is 23.2. The van der Waals surface area contributed by atoms with E-state index in [0.717, 1.165) is 89.1 Å². The van der Waals surface area contributed by atoms with E-state index >= 15 is 0 Å². The van der Waals surface area contributed by atoms with Crippen molar-refractivity contribution in [1.29, 1.82) is 0 Å².